The Morgan fingerprint density at radius 2 is 1.73 bits per heavy atom. The zero-order valence-corrected chi connectivity index (χ0v) is 13.8. The third-order valence-electron chi connectivity index (χ3n) is 3.60. The average Bonchev–Trinajstić information content (AvgIpc) is 2.83. The van der Waals surface area contributed by atoms with Crippen molar-refractivity contribution in [2.24, 2.45) is 0 Å². The minimum absolute atomic E-state index is 0.0853. The highest BCUT2D eigenvalue weighted by molar-refractivity contribution is 7.11. The molecule has 0 spiro atoms. The van der Waals surface area contributed by atoms with Crippen LogP contribution in [0, 0.1) is 13.8 Å². The van der Waals surface area contributed by atoms with Crippen molar-refractivity contribution in [1.82, 2.24) is 9.88 Å². The Morgan fingerprint density at radius 3 is 2.18 bits per heavy atom. The molecule has 0 aliphatic heterocycles. The molecule has 116 valence electrons. The lowest BCUT2D eigenvalue weighted by Crippen LogP contribution is -2.29. The number of rotatable bonds is 4. The number of nitrogens with zero attached hydrogens (tertiary/aromatic N) is 2. The fraction of sp³-hybridized carbons (Fsp3) is 0.312. The van der Waals surface area contributed by atoms with Gasteiger partial charge < -0.3 is 10.0 Å². The predicted molar refractivity (Wildman–Crippen MR) is 85.5 cm³/mol. The molecule has 0 aliphatic carbocycles. The second-order valence-electron chi connectivity index (χ2n) is 5.16. The molecule has 1 N–H and O–H groups in total. The second kappa shape index (κ2) is 6.27. The summed E-state index contributed by atoms with van der Waals surface area (Å²) in [7, 11) is 1.74. The van der Waals surface area contributed by atoms with Crippen molar-refractivity contribution in [1.29, 1.82) is 0 Å². The Balaban J connectivity index is 2.21. The highest BCUT2D eigenvalue weighted by Crippen LogP contribution is 2.29. The van der Waals surface area contributed by atoms with Crippen LogP contribution in [0.4, 0.5) is 0 Å². The number of carbonyl (C=O) groups excluding carboxylic acids is 1. The lowest BCUT2D eigenvalue weighted by atomic mass is 10.1. The standard InChI is InChI=1S/C16H18N2O3S/c1-9-14(22-11(3)17-9)10(2)18(4)15(19)12-5-7-13(8-6-12)16(20)21/h5-8,10H,1-4H3,(H,20,21)/t10-/m0/s1. The first-order chi connectivity index (χ1) is 10.3. The van der Waals surface area contributed by atoms with E-state index in [1.807, 2.05) is 20.8 Å². The van der Waals surface area contributed by atoms with Crippen LogP contribution in [-0.2, 0) is 0 Å². The number of amides is 1. The summed E-state index contributed by atoms with van der Waals surface area (Å²) in [5.74, 6) is -1.15. The van der Waals surface area contributed by atoms with Gasteiger partial charge in [0.15, 0.2) is 0 Å². The summed E-state index contributed by atoms with van der Waals surface area (Å²) in [5.41, 5.74) is 1.58. The molecule has 6 heteroatoms. The van der Waals surface area contributed by atoms with Crippen molar-refractivity contribution in [2.45, 2.75) is 26.8 Å². The molecule has 5 nitrogen and oxygen atoms in total. The lowest BCUT2D eigenvalue weighted by Gasteiger charge is -2.24. The third-order valence-corrected chi connectivity index (χ3v) is 4.84. The van der Waals surface area contributed by atoms with Gasteiger partial charge >= 0.3 is 5.97 Å². The van der Waals surface area contributed by atoms with Crippen LogP contribution in [0.15, 0.2) is 24.3 Å². The van der Waals surface area contributed by atoms with E-state index in [1.165, 1.54) is 12.1 Å². The average molecular weight is 318 g/mol. The molecule has 0 saturated carbocycles. The highest BCUT2D eigenvalue weighted by Gasteiger charge is 2.22. The van der Waals surface area contributed by atoms with Crippen molar-refractivity contribution in [3.8, 4) is 0 Å². The number of hydrogen-bond donors (Lipinski definition) is 1. The Bertz CT molecular complexity index is 707. The van der Waals surface area contributed by atoms with Crippen LogP contribution in [0.3, 0.4) is 0 Å². The summed E-state index contributed by atoms with van der Waals surface area (Å²) in [6.07, 6.45) is 0. The normalized spacial score (nSPS) is 12.0. The lowest BCUT2D eigenvalue weighted by molar-refractivity contribution is 0.0693. The molecule has 1 heterocycles. The SMILES string of the molecule is Cc1nc(C)c([C@H](C)N(C)C(=O)c2ccc(C(=O)O)cc2)s1. The van der Waals surface area contributed by atoms with Gasteiger partial charge in [-0.3, -0.25) is 4.79 Å². The molecule has 1 amide bonds. The van der Waals surface area contributed by atoms with Gasteiger partial charge in [-0.1, -0.05) is 0 Å². The minimum Gasteiger partial charge on any atom is -0.478 e. The molecule has 0 unspecified atom stereocenters. The van der Waals surface area contributed by atoms with Crippen molar-refractivity contribution >= 4 is 23.2 Å². The van der Waals surface area contributed by atoms with E-state index < -0.39 is 5.97 Å². The van der Waals surface area contributed by atoms with E-state index in [1.54, 1.807) is 35.4 Å². The summed E-state index contributed by atoms with van der Waals surface area (Å²) in [6, 6.07) is 5.88. The Labute approximate surface area is 133 Å². The maximum absolute atomic E-state index is 12.5. The number of aryl methyl sites for hydroxylation is 2. The molecule has 22 heavy (non-hydrogen) atoms. The second-order valence-corrected chi connectivity index (χ2v) is 6.39. The number of benzene rings is 1. The number of thiazole rings is 1. The summed E-state index contributed by atoms with van der Waals surface area (Å²) < 4.78 is 0. The Morgan fingerprint density at radius 1 is 1.18 bits per heavy atom. The molecule has 2 rings (SSSR count). The molecule has 1 aromatic heterocycles. The minimum atomic E-state index is -1.00. The summed E-state index contributed by atoms with van der Waals surface area (Å²) in [4.78, 5) is 30.5. The topological polar surface area (TPSA) is 70.5 Å². The molecule has 0 radical (unpaired) electrons. The zero-order valence-electron chi connectivity index (χ0n) is 13.0. The first-order valence-corrected chi connectivity index (χ1v) is 7.67. The van der Waals surface area contributed by atoms with Crippen LogP contribution < -0.4 is 0 Å². The largest absolute Gasteiger partial charge is 0.478 e. The van der Waals surface area contributed by atoms with E-state index >= 15 is 0 Å². The number of carboxylic acids is 1. The van der Waals surface area contributed by atoms with Crippen molar-refractivity contribution in [3.05, 3.63) is 51.0 Å². The molecular weight excluding hydrogens is 300 g/mol. The fourth-order valence-electron chi connectivity index (χ4n) is 2.25. The number of aromatic nitrogens is 1. The van der Waals surface area contributed by atoms with Crippen LogP contribution >= 0.6 is 11.3 Å². The van der Waals surface area contributed by atoms with Crippen molar-refractivity contribution in [2.75, 3.05) is 7.05 Å². The Kier molecular flexibility index (Phi) is 4.61. The van der Waals surface area contributed by atoms with Gasteiger partial charge in [0.1, 0.15) is 0 Å². The van der Waals surface area contributed by atoms with Gasteiger partial charge in [-0.05, 0) is 45.0 Å². The zero-order chi connectivity index (χ0) is 16.4. The van der Waals surface area contributed by atoms with E-state index in [0.717, 1.165) is 15.6 Å². The van der Waals surface area contributed by atoms with Crippen LogP contribution in [0.1, 0.15) is 49.3 Å². The number of carbonyl (C=O) groups is 2. The van der Waals surface area contributed by atoms with Crippen LogP contribution in [-0.4, -0.2) is 33.9 Å². The van der Waals surface area contributed by atoms with Crippen molar-refractivity contribution < 1.29 is 14.7 Å². The van der Waals surface area contributed by atoms with E-state index in [9.17, 15) is 9.59 Å². The highest BCUT2D eigenvalue weighted by atomic mass is 32.1. The van der Waals surface area contributed by atoms with E-state index in [-0.39, 0.29) is 17.5 Å². The third kappa shape index (κ3) is 3.17. The predicted octanol–water partition coefficient (Wildman–Crippen LogP) is 3.29. The van der Waals surface area contributed by atoms with Gasteiger partial charge in [-0.2, -0.15) is 0 Å². The first kappa shape index (κ1) is 16.2. The van der Waals surface area contributed by atoms with Gasteiger partial charge in [-0.25, -0.2) is 9.78 Å². The molecule has 0 saturated heterocycles. The maximum Gasteiger partial charge on any atom is 0.335 e. The number of aromatic carboxylic acids is 1. The maximum atomic E-state index is 12.5. The van der Waals surface area contributed by atoms with E-state index in [0.29, 0.717) is 5.56 Å². The first-order valence-electron chi connectivity index (χ1n) is 6.85. The molecule has 1 aromatic carbocycles. The van der Waals surface area contributed by atoms with Crippen LogP contribution in [0.2, 0.25) is 0 Å². The monoisotopic (exact) mass is 318 g/mol. The van der Waals surface area contributed by atoms with Gasteiger partial charge in [-0.15, -0.1) is 11.3 Å². The molecule has 2 aromatic rings. The summed E-state index contributed by atoms with van der Waals surface area (Å²) in [6.45, 7) is 5.85. The van der Waals surface area contributed by atoms with Gasteiger partial charge in [0, 0.05) is 17.5 Å². The van der Waals surface area contributed by atoms with Crippen LogP contribution in [0.5, 0.6) is 0 Å². The van der Waals surface area contributed by atoms with E-state index in [4.69, 9.17) is 5.11 Å². The molecule has 0 bridgehead atoms. The van der Waals surface area contributed by atoms with Gasteiger partial charge in [0.05, 0.1) is 22.3 Å². The van der Waals surface area contributed by atoms with E-state index in [2.05, 4.69) is 4.98 Å². The van der Waals surface area contributed by atoms with Gasteiger partial charge in [0.25, 0.3) is 5.91 Å². The summed E-state index contributed by atoms with van der Waals surface area (Å²) in [5, 5.41) is 9.87. The fourth-order valence-corrected chi connectivity index (χ4v) is 3.27. The molecule has 0 aliphatic rings. The molecule has 1 atom stereocenters. The number of carboxylic acid groups (broad SMARTS) is 1. The Hall–Kier alpha value is -2.21. The van der Waals surface area contributed by atoms with Crippen molar-refractivity contribution in [3.63, 3.8) is 0 Å². The number of hydrogen-bond acceptors (Lipinski definition) is 4. The van der Waals surface area contributed by atoms with Crippen LogP contribution in [0.25, 0.3) is 0 Å². The molecular formula is C16H18N2O3S. The smallest absolute Gasteiger partial charge is 0.335 e. The summed E-state index contributed by atoms with van der Waals surface area (Å²) >= 11 is 1.59. The quantitative estimate of drug-likeness (QED) is 0.939. The molecule has 0 fully saturated rings. The van der Waals surface area contributed by atoms with Gasteiger partial charge in [0.2, 0.25) is 0 Å².